The van der Waals surface area contributed by atoms with Gasteiger partial charge in [0.15, 0.2) is 5.69 Å². The molecule has 6 nitrogen and oxygen atoms in total. The fourth-order valence-corrected chi connectivity index (χ4v) is 4.06. The molecule has 2 aliphatic rings. The smallest absolute Gasteiger partial charge is 0.272 e. The van der Waals surface area contributed by atoms with E-state index in [1.807, 2.05) is 0 Å². The van der Waals surface area contributed by atoms with E-state index in [0.29, 0.717) is 11.6 Å². The van der Waals surface area contributed by atoms with Crippen LogP contribution < -0.4 is 10.6 Å². The maximum atomic E-state index is 12.7. The summed E-state index contributed by atoms with van der Waals surface area (Å²) >= 11 is 0. The third kappa shape index (κ3) is 4.51. The van der Waals surface area contributed by atoms with Crippen molar-refractivity contribution in [3.8, 4) is 0 Å². The standard InChI is InChI=1S/C20H27N5O.ClH/c1-14(16-8-10-25(13-16)12-15-5-3-2-4-6-15)22-20(26)19-17-11-21-9-7-18(17)23-24-19;/h2-6,14,16,21H,7-13H2,1H3,(H,22,26)(H,23,24);1H. The van der Waals surface area contributed by atoms with Crippen LogP contribution in [0.2, 0.25) is 0 Å². The van der Waals surface area contributed by atoms with Gasteiger partial charge in [-0.3, -0.25) is 14.8 Å². The Morgan fingerprint density at radius 1 is 1.37 bits per heavy atom. The van der Waals surface area contributed by atoms with Crippen LogP contribution in [-0.2, 0) is 19.5 Å². The van der Waals surface area contributed by atoms with E-state index in [4.69, 9.17) is 0 Å². The Labute approximate surface area is 166 Å². The fourth-order valence-electron chi connectivity index (χ4n) is 4.06. The minimum absolute atomic E-state index is 0. The SMILES string of the molecule is CC(NC(=O)c1n[nH]c2c1CNCC2)C1CCN(Cc2ccccc2)C1.Cl. The lowest BCUT2D eigenvalue weighted by molar-refractivity contribution is 0.0920. The lowest BCUT2D eigenvalue weighted by Gasteiger charge is -2.22. The van der Waals surface area contributed by atoms with Crippen LogP contribution >= 0.6 is 12.4 Å². The zero-order chi connectivity index (χ0) is 17.9. The van der Waals surface area contributed by atoms with E-state index in [1.54, 1.807) is 0 Å². The molecule has 0 bridgehead atoms. The second kappa shape index (κ2) is 8.87. The van der Waals surface area contributed by atoms with Crippen molar-refractivity contribution in [2.24, 2.45) is 5.92 Å². The summed E-state index contributed by atoms with van der Waals surface area (Å²) in [5, 5.41) is 13.8. The molecule has 146 valence electrons. The Bertz CT molecular complexity index is 763. The summed E-state index contributed by atoms with van der Waals surface area (Å²) in [6.45, 7) is 6.86. The number of hydrogen-bond donors (Lipinski definition) is 3. The quantitative estimate of drug-likeness (QED) is 0.732. The molecule has 7 heteroatoms. The zero-order valence-electron chi connectivity index (χ0n) is 15.7. The van der Waals surface area contributed by atoms with Crippen LogP contribution in [0.4, 0.5) is 0 Å². The average Bonchev–Trinajstić information content (AvgIpc) is 3.29. The van der Waals surface area contributed by atoms with Crippen molar-refractivity contribution < 1.29 is 4.79 Å². The number of amides is 1. The number of carbonyl (C=O) groups excluding carboxylic acids is 1. The summed E-state index contributed by atoms with van der Waals surface area (Å²) in [6, 6.07) is 10.7. The normalized spacial score (nSPS) is 20.6. The highest BCUT2D eigenvalue weighted by atomic mass is 35.5. The van der Waals surface area contributed by atoms with Crippen molar-refractivity contribution in [2.75, 3.05) is 19.6 Å². The Balaban J connectivity index is 0.00000210. The molecule has 3 heterocycles. The van der Waals surface area contributed by atoms with E-state index in [9.17, 15) is 4.79 Å². The number of hydrogen-bond acceptors (Lipinski definition) is 4. The number of nitrogens with one attached hydrogen (secondary N) is 3. The van der Waals surface area contributed by atoms with E-state index in [-0.39, 0.29) is 24.4 Å². The van der Waals surface area contributed by atoms with Crippen LogP contribution in [0.5, 0.6) is 0 Å². The molecule has 2 atom stereocenters. The van der Waals surface area contributed by atoms with E-state index in [0.717, 1.165) is 56.8 Å². The highest BCUT2D eigenvalue weighted by Gasteiger charge is 2.29. The number of H-pyrrole nitrogens is 1. The second-order valence-corrected chi connectivity index (χ2v) is 7.49. The van der Waals surface area contributed by atoms with Crippen LogP contribution in [0.3, 0.4) is 0 Å². The number of carbonyl (C=O) groups is 1. The Morgan fingerprint density at radius 2 is 2.19 bits per heavy atom. The van der Waals surface area contributed by atoms with Crippen molar-refractivity contribution >= 4 is 18.3 Å². The molecule has 1 saturated heterocycles. The van der Waals surface area contributed by atoms with Crippen LogP contribution in [0.25, 0.3) is 0 Å². The maximum Gasteiger partial charge on any atom is 0.272 e. The predicted octanol–water partition coefficient (Wildman–Crippen LogP) is 2.12. The molecule has 2 aliphatic heterocycles. The number of aromatic nitrogens is 2. The van der Waals surface area contributed by atoms with Crippen molar-refractivity contribution in [3.05, 3.63) is 52.8 Å². The highest BCUT2D eigenvalue weighted by molar-refractivity contribution is 5.94. The zero-order valence-corrected chi connectivity index (χ0v) is 16.5. The molecule has 0 saturated carbocycles. The molecular weight excluding hydrogens is 362 g/mol. The summed E-state index contributed by atoms with van der Waals surface area (Å²) in [6.07, 6.45) is 2.02. The first kappa shape index (κ1) is 19.9. The summed E-state index contributed by atoms with van der Waals surface area (Å²) < 4.78 is 0. The number of rotatable bonds is 5. The molecule has 2 unspecified atom stereocenters. The van der Waals surface area contributed by atoms with E-state index < -0.39 is 0 Å². The van der Waals surface area contributed by atoms with Gasteiger partial charge < -0.3 is 10.6 Å². The molecule has 0 aliphatic carbocycles. The number of nitrogens with zero attached hydrogens (tertiary/aromatic N) is 2. The number of likely N-dealkylation sites (tertiary alicyclic amines) is 1. The van der Waals surface area contributed by atoms with Crippen molar-refractivity contribution in [2.45, 2.75) is 38.9 Å². The van der Waals surface area contributed by atoms with Crippen molar-refractivity contribution in [3.63, 3.8) is 0 Å². The van der Waals surface area contributed by atoms with Gasteiger partial charge in [-0.15, -0.1) is 12.4 Å². The van der Waals surface area contributed by atoms with Gasteiger partial charge in [0.25, 0.3) is 5.91 Å². The Hall–Kier alpha value is -1.89. The minimum Gasteiger partial charge on any atom is -0.348 e. The summed E-state index contributed by atoms with van der Waals surface area (Å²) in [4.78, 5) is 15.2. The lowest BCUT2D eigenvalue weighted by Crippen LogP contribution is -2.40. The van der Waals surface area contributed by atoms with Crippen molar-refractivity contribution in [1.82, 2.24) is 25.7 Å². The molecule has 1 fully saturated rings. The first-order chi connectivity index (χ1) is 12.7. The van der Waals surface area contributed by atoms with Gasteiger partial charge in [0.2, 0.25) is 0 Å². The Kier molecular flexibility index (Phi) is 6.52. The van der Waals surface area contributed by atoms with E-state index >= 15 is 0 Å². The molecule has 2 aromatic rings. The monoisotopic (exact) mass is 389 g/mol. The van der Waals surface area contributed by atoms with Crippen LogP contribution in [0.1, 0.15) is 40.7 Å². The molecule has 1 aromatic heterocycles. The summed E-state index contributed by atoms with van der Waals surface area (Å²) in [7, 11) is 0. The third-order valence-corrected chi connectivity index (χ3v) is 5.65. The third-order valence-electron chi connectivity index (χ3n) is 5.65. The van der Waals surface area contributed by atoms with E-state index in [1.165, 1.54) is 5.56 Å². The highest BCUT2D eigenvalue weighted by Crippen LogP contribution is 2.22. The van der Waals surface area contributed by atoms with Crippen LogP contribution in [0, 0.1) is 5.92 Å². The lowest BCUT2D eigenvalue weighted by atomic mass is 10.00. The number of fused-ring (bicyclic) bond motifs is 1. The molecule has 0 radical (unpaired) electrons. The molecule has 1 amide bonds. The molecule has 4 rings (SSSR count). The van der Waals surface area contributed by atoms with Gasteiger partial charge in [-0.25, -0.2) is 0 Å². The molecule has 0 spiro atoms. The summed E-state index contributed by atoms with van der Waals surface area (Å²) in [5.74, 6) is 0.427. The van der Waals surface area contributed by atoms with Gasteiger partial charge in [-0.2, -0.15) is 5.10 Å². The molecule has 3 N–H and O–H groups in total. The molecule has 27 heavy (non-hydrogen) atoms. The Morgan fingerprint density at radius 3 is 3.00 bits per heavy atom. The van der Waals surface area contributed by atoms with Gasteiger partial charge in [0.05, 0.1) is 0 Å². The van der Waals surface area contributed by atoms with Gasteiger partial charge >= 0.3 is 0 Å². The van der Waals surface area contributed by atoms with Gasteiger partial charge in [-0.1, -0.05) is 30.3 Å². The largest absolute Gasteiger partial charge is 0.348 e. The predicted molar refractivity (Wildman–Crippen MR) is 108 cm³/mol. The fraction of sp³-hybridized carbons (Fsp3) is 0.500. The second-order valence-electron chi connectivity index (χ2n) is 7.49. The molecular formula is C20H28ClN5O. The van der Waals surface area contributed by atoms with E-state index in [2.05, 4.69) is 63.0 Å². The number of halogens is 1. The van der Waals surface area contributed by atoms with Crippen LogP contribution in [0.15, 0.2) is 30.3 Å². The topological polar surface area (TPSA) is 73.0 Å². The first-order valence-corrected chi connectivity index (χ1v) is 9.54. The van der Waals surface area contributed by atoms with Gasteiger partial charge in [0, 0.05) is 49.9 Å². The van der Waals surface area contributed by atoms with Gasteiger partial charge in [0.1, 0.15) is 0 Å². The van der Waals surface area contributed by atoms with Crippen molar-refractivity contribution in [1.29, 1.82) is 0 Å². The molecule has 1 aromatic carbocycles. The summed E-state index contributed by atoms with van der Waals surface area (Å²) in [5.41, 5.74) is 4.02. The average molecular weight is 390 g/mol. The number of benzene rings is 1. The minimum atomic E-state index is -0.0554. The number of aromatic amines is 1. The van der Waals surface area contributed by atoms with Crippen LogP contribution in [-0.4, -0.2) is 46.7 Å². The maximum absolute atomic E-state index is 12.7. The van der Waals surface area contributed by atoms with Gasteiger partial charge in [-0.05, 0) is 31.4 Å². The first-order valence-electron chi connectivity index (χ1n) is 9.54.